The summed E-state index contributed by atoms with van der Waals surface area (Å²) in [6.07, 6.45) is 2.39. The summed E-state index contributed by atoms with van der Waals surface area (Å²) in [4.78, 5) is 13.0. The first-order chi connectivity index (χ1) is 14.2. The SMILES string of the molecule is O=C1OC(c2ccccc2)C(CCc2ccco2)C(O)=C1SCc1ccccc1. The van der Waals surface area contributed by atoms with Gasteiger partial charge in [-0.05, 0) is 29.7 Å². The molecule has 0 saturated heterocycles. The van der Waals surface area contributed by atoms with Gasteiger partial charge in [-0.3, -0.25) is 0 Å². The second-order valence-corrected chi connectivity index (χ2v) is 7.94. The van der Waals surface area contributed by atoms with Gasteiger partial charge in [-0.25, -0.2) is 4.79 Å². The predicted molar refractivity (Wildman–Crippen MR) is 113 cm³/mol. The molecule has 0 aliphatic carbocycles. The van der Waals surface area contributed by atoms with Crippen molar-refractivity contribution >= 4 is 17.7 Å². The highest BCUT2D eigenvalue weighted by molar-refractivity contribution is 8.03. The molecular formula is C24H22O4S. The smallest absolute Gasteiger partial charge is 0.348 e. The maximum atomic E-state index is 12.7. The van der Waals surface area contributed by atoms with Crippen molar-refractivity contribution in [2.45, 2.75) is 24.7 Å². The molecule has 29 heavy (non-hydrogen) atoms. The fraction of sp³-hybridized carbons (Fsp3) is 0.208. The molecule has 148 valence electrons. The van der Waals surface area contributed by atoms with Gasteiger partial charge in [-0.2, -0.15) is 0 Å². The number of cyclic esters (lactones) is 1. The van der Waals surface area contributed by atoms with Gasteiger partial charge in [0.1, 0.15) is 22.5 Å². The zero-order valence-corrected chi connectivity index (χ0v) is 16.7. The number of furan rings is 1. The largest absolute Gasteiger partial charge is 0.510 e. The molecule has 1 aromatic heterocycles. The second-order valence-electron chi connectivity index (χ2n) is 6.95. The monoisotopic (exact) mass is 406 g/mol. The van der Waals surface area contributed by atoms with Crippen molar-refractivity contribution in [2.75, 3.05) is 0 Å². The van der Waals surface area contributed by atoms with E-state index in [9.17, 15) is 9.90 Å². The van der Waals surface area contributed by atoms with Crippen LogP contribution < -0.4 is 0 Å². The highest BCUT2D eigenvalue weighted by Crippen LogP contribution is 2.43. The zero-order chi connectivity index (χ0) is 20.1. The number of hydrogen-bond acceptors (Lipinski definition) is 5. The minimum Gasteiger partial charge on any atom is -0.510 e. The van der Waals surface area contributed by atoms with E-state index < -0.39 is 12.1 Å². The van der Waals surface area contributed by atoms with Crippen LogP contribution in [0.25, 0.3) is 0 Å². The lowest BCUT2D eigenvalue weighted by Crippen LogP contribution is -2.29. The molecule has 0 fully saturated rings. The third-order valence-electron chi connectivity index (χ3n) is 5.00. The molecular weight excluding hydrogens is 384 g/mol. The molecule has 0 amide bonds. The van der Waals surface area contributed by atoms with E-state index in [1.807, 2.05) is 72.8 Å². The molecule has 2 unspecified atom stereocenters. The Hall–Kier alpha value is -2.92. The maximum absolute atomic E-state index is 12.7. The van der Waals surface area contributed by atoms with Crippen molar-refractivity contribution in [3.63, 3.8) is 0 Å². The van der Waals surface area contributed by atoms with Crippen LogP contribution in [0.4, 0.5) is 0 Å². The summed E-state index contributed by atoms with van der Waals surface area (Å²) in [5.74, 6) is 0.767. The molecule has 3 aromatic rings. The molecule has 0 radical (unpaired) electrons. The van der Waals surface area contributed by atoms with Gasteiger partial charge in [0, 0.05) is 12.2 Å². The summed E-state index contributed by atoms with van der Waals surface area (Å²) in [5, 5.41) is 11.1. The van der Waals surface area contributed by atoms with Gasteiger partial charge < -0.3 is 14.3 Å². The number of aryl methyl sites for hydroxylation is 1. The topological polar surface area (TPSA) is 59.7 Å². The van der Waals surface area contributed by atoms with Gasteiger partial charge in [0.15, 0.2) is 0 Å². The number of aliphatic hydroxyl groups is 1. The number of carbonyl (C=O) groups is 1. The second kappa shape index (κ2) is 9.05. The number of ether oxygens (including phenoxy) is 1. The summed E-state index contributed by atoms with van der Waals surface area (Å²) >= 11 is 1.32. The van der Waals surface area contributed by atoms with E-state index >= 15 is 0 Å². The van der Waals surface area contributed by atoms with Gasteiger partial charge >= 0.3 is 5.97 Å². The van der Waals surface area contributed by atoms with Crippen molar-refractivity contribution in [3.8, 4) is 0 Å². The lowest BCUT2D eigenvalue weighted by Gasteiger charge is -2.32. The third-order valence-corrected chi connectivity index (χ3v) is 6.15. The Balaban J connectivity index is 1.59. The lowest BCUT2D eigenvalue weighted by molar-refractivity contribution is -0.149. The van der Waals surface area contributed by atoms with Gasteiger partial charge in [0.25, 0.3) is 0 Å². The molecule has 2 heterocycles. The Kier molecular flexibility index (Phi) is 6.06. The van der Waals surface area contributed by atoms with Gasteiger partial charge in [-0.1, -0.05) is 60.7 Å². The molecule has 5 heteroatoms. The van der Waals surface area contributed by atoms with Crippen molar-refractivity contribution < 1.29 is 19.1 Å². The molecule has 4 nitrogen and oxygen atoms in total. The Labute approximate surface area is 174 Å². The summed E-state index contributed by atoms with van der Waals surface area (Å²) in [6.45, 7) is 0. The zero-order valence-electron chi connectivity index (χ0n) is 15.9. The van der Waals surface area contributed by atoms with Gasteiger partial charge in [0.2, 0.25) is 0 Å². The summed E-state index contributed by atoms with van der Waals surface area (Å²) in [5.41, 5.74) is 1.96. The molecule has 2 aromatic carbocycles. The minimum absolute atomic E-state index is 0.114. The molecule has 0 saturated carbocycles. The van der Waals surface area contributed by atoms with Crippen LogP contribution in [-0.4, -0.2) is 11.1 Å². The van der Waals surface area contributed by atoms with E-state index in [4.69, 9.17) is 9.15 Å². The van der Waals surface area contributed by atoms with Crippen molar-refractivity contribution in [2.24, 2.45) is 5.92 Å². The highest BCUT2D eigenvalue weighted by Gasteiger charge is 2.39. The van der Waals surface area contributed by atoms with Crippen LogP contribution in [0.2, 0.25) is 0 Å². The Morgan fingerprint density at radius 2 is 1.66 bits per heavy atom. The van der Waals surface area contributed by atoms with Crippen LogP contribution in [0, 0.1) is 5.92 Å². The number of carbonyl (C=O) groups excluding carboxylic acids is 1. The van der Waals surface area contributed by atoms with Crippen molar-refractivity contribution in [1.82, 2.24) is 0 Å². The van der Waals surface area contributed by atoms with Crippen LogP contribution in [0.15, 0.2) is 94.1 Å². The molecule has 2 atom stereocenters. The quantitative estimate of drug-likeness (QED) is 0.500. The summed E-state index contributed by atoms with van der Waals surface area (Å²) in [6, 6.07) is 23.2. The van der Waals surface area contributed by atoms with Gasteiger partial charge in [-0.15, -0.1) is 11.8 Å². The Morgan fingerprint density at radius 1 is 0.931 bits per heavy atom. The fourth-order valence-corrected chi connectivity index (χ4v) is 4.48. The van der Waals surface area contributed by atoms with E-state index in [-0.39, 0.29) is 11.7 Å². The van der Waals surface area contributed by atoms with Crippen LogP contribution in [0.1, 0.15) is 29.4 Å². The summed E-state index contributed by atoms with van der Waals surface area (Å²) in [7, 11) is 0. The Morgan fingerprint density at radius 3 is 2.34 bits per heavy atom. The summed E-state index contributed by atoms with van der Waals surface area (Å²) < 4.78 is 11.3. The van der Waals surface area contributed by atoms with E-state index in [1.165, 1.54) is 11.8 Å². The molecule has 1 aliphatic heterocycles. The van der Waals surface area contributed by atoms with Crippen molar-refractivity contribution in [3.05, 3.63) is 107 Å². The molecule has 1 aliphatic rings. The molecule has 0 bridgehead atoms. The number of hydrogen-bond donors (Lipinski definition) is 1. The molecule has 1 N–H and O–H groups in total. The Bertz CT molecular complexity index is 965. The van der Waals surface area contributed by atoms with Crippen molar-refractivity contribution in [1.29, 1.82) is 0 Å². The van der Waals surface area contributed by atoms with Crippen LogP contribution >= 0.6 is 11.8 Å². The lowest BCUT2D eigenvalue weighted by atomic mass is 9.87. The van der Waals surface area contributed by atoms with E-state index in [0.29, 0.717) is 23.5 Å². The molecule has 4 rings (SSSR count). The first-order valence-corrected chi connectivity index (χ1v) is 10.6. The third kappa shape index (κ3) is 4.57. The molecule has 0 spiro atoms. The number of esters is 1. The maximum Gasteiger partial charge on any atom is 0.348 e. The average molecular weight is 407 g/mol. The normalized spacial score (nSPS) is 19.2. The average Bonchev–Trinajstić information content (AvgIpc) is 3.27. The van der Waals surface area contributed by atoms with Crippen LogP contribution in [0.3, 0.4) is 0 Å². The number of rotatable bonds is 7. The first-order valence-electron chi connectivity index (χ1n) is 9.60. The number of benzene rings is 2. The van der Waals surface area contributed by atoms with Crippen LogP contribution in [0.5, 0.6) is 0 Å². The number of thioether (sulfide) groups is 1. The van der Waals surface area contributed by atoms with E-state index in [0.717, 1.165) is 16.9 Å². The predicted octanol–water partition coefficient (Wildman–Crippen LogP) is 5.83. The minimum atomic E-state index is -0.514. The number of aliphatic hydroxyl groups excluding tert-OH is 1. The standard InChI is InChI=1S/C24H22O4S/c25-21-20(14-13-19-12-7-15-27-19)22(18-10-5-2-6-11-18)28-24(26)23(21)29-16-17-8-3-1-4-9-17/h1-12,15,20,22,25H,13-14,16H2. The highest BCUT2D eigenvalue weighted by atomic mass is 32.2. The van der Waals surface area contributed by atoms with Crippen LogP contribution in [-0.2, 0) is 21.7 Å². The van der Waals surface area contributed by atoms with E-state index in [2.05, 4.69) is 0 Å². The van der Waals surface area contributed by atoms with E-state index in [1.54, 1.807) is 6.26 Å². The fourth-order valence-electron chi connectivity index (χ4n) is 3.51. The first kappa shape index (κ1) is 19.4. The van der Waals surface area contributed by atoms with Gasteiger partial charge in [0.05, 0.1) is 12.2 Å².